The third-order valence-corrected chi connectivity index (χ3v) is 6.81. The molecule has 2 fully saturated rings. The van der Waals surface area contributed by atoms with Crippen molar-refractivity contribution in [2.45, 2.75) is 37.6 Å². The summed E-state index contributed by atoms with van der Waals surface area (Å²) in [5, 5.41) is 11.9. The predicted molar refractivity (Wildman–Crippen MR) is 118 cm³/mol. The summed E-state index contributed by atoms with van der Waals surface area (Å²) in [5.41, 5.74) is 2.98. The molecule has 3 aromatic rings. The summed E-state index contributed by atoms with van der Waals surface area (Å²) in [6, 6.07) is 15.6. The van der Waals surface area contributed by atoms with Gasteiger partial charge in [-0.25, -0.2) is 5.10 Å². The normalized spacial score (nSPS) is 24.9. The van der Waals surface area contributed by atoms with Crippen LogP contribution >= 0.6 is 0 Å². The standard InChI is InChI=1S/C24H26N4O2/c1-28(2)18-9-7-15(8-10-18)22(29)25-17-13-24(14-17)11-16(12-24)21-19-5-3-4-6-20(19)23(30)27-26-21/h3-10,16-17H,11-14H2,1-2H3,(H,25,29)(H,27,30). The van der Waals surface area contributed by atoms with E-state index in [4.69, 9.17) is 0 Å². The van der Waals surface area contributed by atoms with Gasteiger partial charge in [0, 0.05) is 42.7 Å². The molecule has 1 aromatic heterocycles. The molecule has 0 saturated heterocycles. The highest BCUT2D eigenvalue weighted by atomic mass is 16.1. The molecule has 2 saturated carbocycles. The molecule has 154 valence electrons. The Bertz CT molecular complexity index is 1150. The fourth-order valence-electron chi connectivity index (χ4n) is 5.23. The lowest BCUT2D eigenvalue weighted by atomic mass is 9.49. The van der Waals surface area contributed by atoms with Gasteiger partial charge in [-0.1, -0.05) is 18.2 Å². The Labute approximate surface area is 175 Å². The first kappa shape index (κ1) is 18.9. The van der Waals surface area contributed by atoms with Crippen molar-refractivity contribution in [3.05, 3.63) is 70.1 Å². The van der Waals surface area contributed by atoms with Crippen LogP contribution in [0.1, 0.15) is 47.7 Å². The van der Waals surface area contributed by atoms with Crippen molar-refractivity contribution in [2.75, 3.05) is 19.0 Å². The summed E-state index contributed by atoms with van der Waals surface area (Å²) in [7, 11) is 3.97. The Balaban J connectivity index is 1.19. The molecule has 1 spiro atoms. The van der Waals surface area contributed by atoms with Gasteiger partial charge < -0.3 is 10.2 Å². The van der Waals surface area contributed by atoms with Crippen LogP contribution in [-0.4, -0.2) is 36.2 Å². The lowest BCUT2D eigenvalue weighted by Gasteiger charge is -2.57. The molecule has 6 nitrogen and oxygen atoms in total. The second-order valence-corrected chi connectivity index (χ2v) is 9.11. The van der Waals surface area contributed by atoms with Gasteiger partial charge in [0.25, 0.3) is 11.5 Å². The zero-order chi connectivity index (χ0) is 20.9. The van der Waals surface area contributed by atoms with E-state index in [1.165, 1.54) is 0 Å². The van der Waals surface area contributed by atoms with Crippen molar-refractivity contribution in [3.8, 4) is 0 Å². The van der Waals surface area contributed by atoms with Gasteiger partial charge in [-0.2, -0.15) is 5.10 Å². The van der Waals surface area contributed by atoms with Gasteiger partial charge in [-0.15, -0.1) is 0 Å². The summed E-state index contributed by atoms with van der Waals surface area (Å²) in [6.07, 6.45) is 4.18. The molecule has 0 bridgehead atoms. The molecule has 0 atom stereocenters. The van der Waals surface area contributed by atoms with Gasteiger partial charge in [0.15, 0.2) is 0 Å². The van der Waals surface area contributed by atoms with Crippen LogP contribution in [0.2, 0.25) is 0 Å². The van der Waals surface area contributed by atoms with Gasteiger partial charge in [0.05, 0.1) is 11.1 Å². The molecule has 2 aromatic carbocycles. The Hall–Kier alpha value is -3.15. The summed E-state index contributed by atoms with van der Waals surface area (Å²) in [5.74, 6) is 0.381. The SMILES string of the molecule is CN(C)c1ccc(C(=O)NC2CC3(C2)CC(c2n[nH]c(=O)c4ccccc24)C3)cc1. The van der Waals surface area contributed by atoms with Crippen molar-refractivity contribution >= 4 is 22.4 Å². The molecule has 5 rings (SSSR count). The highest BCUT2D eigenvalue weighted by Gasteiger charge is 2.54. The van der Waals surface area contributed by atoms with E-state index in [0.717, 1.165) is 42.5 Å². The van der Waals surface area contributed by atoms with E-state index in [9.17, 15) is 9.59 Å². The second kappa shape index (κ2) is 6.97. The van der Waals surface area contributed by atoms with E-state index < -0.39 is 0 Å². The van der Waals surface area contributed by atoms with E-state index in [2.05, 4.69) is 15.5 Å². The van der Waals surface area contributed by atoms with Gasteiger partial charge in [0.2, 0.25) is 0 Å². The second-order valence-electron chi connectivity index (χ2n) is 9.11. The minimum Gasteiger partial charge on any atom is -0.378 e. The van der Waals surface area contributed by atoms with Crippen molar-refractivity contribution in [1.29, 1.82) is 0 Å². The number of nitrogens with zero attached hydrogens (tertiary/aromatic N) is 2. The maximum absolute atomic E-state index is 12.5. The lowest BCUT2D eigenvalue weighted by molar-refractivity contribution is -0.0196. The number of rotatable bonds is 4. The van der Waals surface area contributed by atoms with Gasteiger partial charge in [-0.3, -0.25) is 9.59 Å². The first-order valence-corrected chi connectivity index (χ1v) is 10.5. The fraction of sp³-hybridized carbons (Fsp3) is 0.375. The van der Waals surface area contributed by atoms with E-state index >= 15 is 0 Å². The fourth-order valence-corrected chi connectivity index (χ4v) is 5.23. The monoisotopic (exact) mass is 402 g/mol. The summed E-state index contributed by atoms with van der Waals surface area (Å²) in [6.45, 7) is 0. The average molecular weight is 402 g/mol. The predicted octanol–water partition coefficient (Wildman–Crippen LogP) is 3.45. The molecular weight excluding hydrogens is 376 g/mol. The lowest BCUT2D eigenvalue weighted by Crippen LogP contribution is -2.55. The zero-order valence-corrected chi connectivity index (χ0v) is 17.3. The average Bonchev–Trinajstić information content (AvgIpc) is 2.70. The highest BCUT2D eigenvalue weighted by Crippen LogP contribution is 2.62. The van der Waals surface area contributed by atoms with Crippen LogP contribution in [0, 0.1) is 5.41 Å². The van der Waals surface area contributed by atoms with Crippen molar-refractivity contribution < 1.29 is 4.79 Å². The number of aromatic nitrogens is 2. The minimum atomic E-state index is -0.131. The number of carbonyl (C=O) groups excluding carboxylic acids is 1. The number of anilines is 1. The molecule has 30 heavy (non-hydrogen) atoms. The van der Waals surface area contributed by atoms with E-state index in [1.807, 2.05) is 67.5 Å². The van der Waals surface area contributed by atoms with E-state index in [1.54, 1.807) is 0 Å². The third-order valence-electron chi connectivity index (χ3n) is 6.81. The maximum atomic E-state index is 12.5. The van der Waals surface area contributed by atoms with Crippen LogP contribution in [0.5, 0.6) is 0 Å². The van der Waals surface area contributed by atoms with Crippen LogP contribution in [0.4, 0.5) is 5.69 Å². The van der Waals surface area contributed by atoms with Gasteiger partial charge >= 0.3 is 0 Å². The molecule has 0 aliphatic heterocycles. The zero-order valence-electron chi connectivity index (χ0n) is 17.3. The molecule has 6 heteroatoms. The van der Waals surface area contributed by atoms with E-state index in [0.29, 0.717) is 22.3 Å². The largest absolute Gasteiger partial charge is 0.378 e. The Morgan fingerprint density at radius 3 is 2.37 bits per heavy atom. The Kier molecular flexibility index (Phi) is 4.38. The van der Waals surface area contributed by atoms with Crippen molar-refractivity contribution in [1.82, 2.24) is 15.5 Å². The van der Waals surface area contributed by atoms with Gasteiger partial charge in [0.1, 0.15) is 0 Å². The quantitative estimate of drug-likeness (QED) is 0.701. The molecule has 1 heterocycles. The number of carbonyl (C=O) groups is 1. The van der Waals surface area contributed by atoms with Gasteiger partial charge in [-0.05, 0) is 61.4 Å². The number of aromatic amines is 1. The first-order valence-electron chi connectivity index (χ1n) is 10.5. The summed E-state index contributed by atoms with van der Waals surface area (Å²) < 4.78 is 0. The molecule has 2 N–H and O–H groups in total. The molecule has 2 aliphatic rings. The van der Waals surface area contributed by atoms with Crippen LogP contribution in [-0.2, 0) is 0 Å². The molecule has 1 amide bonds. The topological polar surface area (TPSA) is 78.1 Å². The Morgan fingerprint density at radius 2 is 1.70 bits per heavy atom. The number of nitrogens with one attached hydrogen (secondary N) is 2. The number of H-pyrrole nitrogens is 1. The van der Waals surface area contributed by atoms with Crippen LogP contribution in [0.25, 0.3) is 10.8 Å². The van der Waals surface area contributed by atoms with Crippen molar-refractivity contribution in [2.24, 2.45) is 5.41 Å². The number of hydrogen-bond acceptors (Lipinski definition) is 4. The number of amides is 1. The molecule has 0 unspecified atom stereocenters. The third kappa shape index (κ3) is 3.16. The smallest absolute Gasteiger partial charge is 0.272 e. The minimum absolute atomic E-state index is 0.00400. The number of hydrogen-bond donors (Lipinski definition) is 2. The first-order chi connectivity index (χ1) is 14.4. The maximum Gasteiger partial charge on any atom is 0.272 e. The van der Waals surface area contributed by atoms with E-state index in [-0.39, 0.29) is 17.5 Å². The molecular formula is C24H26N4O2. The van der Waals surface area contributed by atoms with Crippen LogP contribution in [0.15, 0.2) is 53.3 Å². The molecule has 2 aliphatic carbocycles. The van der Waals surface area contributed by atoms with Crippen LogP contribution in [0.3, 0.4) is 0 Å². The number of fused-ring (bicyclic) bond motifs is 1. The Morgan fingerprint density at radius 1 is 1.03 bits per heavy atom. The van der Waals surface area contributed by atoms with Crippen LogP contribution < -0.4 is 15.8 Å². The summed E-state index contributed by atoms with van der Waals surface area (Å²) in [4.78, 5) is 26.6. The summed E-state index contributed by atoms with van der Waals surface area (Å²) >= 11 is 0. The molecule has 0 radical (unpaired) electrons. The highest BCUT2D eigenvalue weighted by molar-refractivity contribution is 5.94. The van der Waals surface area contributed by atoms with Crippen molar-refractivity contribution in [3.63, 3.8) is 0 Å². The number of benzene rings is 2.